The Bertz CT molecular complexity index is 1190. The van der Waals surface area contributed by atoms with E-state index in [4.69, 9.17) is 9.90 Å². The highest BCUT2D eigenvalue weighted by Gasteiger charge is 2.38. The van der Waals surface area contributed by atoms with Crippen LogP contribution in [0, 0.1) is 0 Å². The SMILES string of the molecule is O=C(Nc1ccc2c(c1)CCN(C1CCC1)CC2)c1ccc2nsnc2c1.O=C(O)C(F)(F)F. The summed E-state index contributed by atoms with van der Waals surface area (Å²) < 4.78 is 40.1. The number of benzene rings is 2. The number of nitrogens with zero attached hydrogens (tertiary/aromatic N) is 3. The Morgan fingerprint density at radius 3 is 2.32 bits per heavy atom. The summed E-state index contributed by atoms with van der Waals surface area (Å²) in [5, 5.41) is 10.2. The molecule has 2 heterocycles. The summed E-state index contributed by atoms with van der Waals surface area (Å²) >= 11 is 1.17. The Hall–Kier alpha value is -3.05. The number of halogens is 3. The second-order valence-electron chi connectivity index (χ2n) is 8.33. The topological polar surface area (TPSA) is 95.4 Å². The van der Waals surface area contributed by atoms with Gasteiger partial charge in [-0.25, -0.2) is 4.79 Å². The van der Waals surface area contributed by atoms with Crippen LogP contribution in [0.4, 0.5) is 18.9 Å². The minimum atomic E-state index is -5.08. The molecule has 1 aliphatic heterocycles. The van der Waals surface area contributed by atoms with Crippen LogP contribution in [0.5, 0.6) is 0 Å². The second kappa shape index (κ2) is 10.1. The van der Waals surface area contributed by atoms with Crippen molar-refractivity contribution >= 4 is 40.3 Å². The summed E-state index contributed by atoms with van der Waals surface area (Å²) in [6, 6.07) is 12.6. The van der Waals surface area contributed by atoms with Crippen LogP contribution in [-0.4, -0.2) is 55.9 Å². The first-order valence-corrected chi connectivity index (χ1v) is 11.6. The van der Waals surface area contributed by atoms with E-state index in [-0.39, 0.29) is 5.91 Å². The number of fused-ring (bicyclic) bond motifs is 2. The van der Waals surface area contributed by atoms with Crippen molar-refractivity contribution in [3.05, 3.63) is 53.1 Å². The van der Waals surface area contributed by atoms with Crippen LogP contribution in [0.25, 0.3) is 11.0 Å². The maximum Gasteiger partial charge on any atom is 0.490 e. The smallest absolute Gasteiger partial charge is 0.475 e. The van der Waals surface area contributed by atoms with Crippen LogP contribution < -0.4 is 5.32 Å². The molecule has 3 aromatic rings. The van der Waals surface area contributed by atoms with Crippen LogP contribution in [0.1, 0.15) is 40.7 Å². The standard InChI is InChI=1S/C21H22N4OS.C2HF3O2/c26-21(16-5-7-19-20(13-16)24-27-23-19)22-17-6-4-14-8-10-25(18-2-1-3-18)11-9-15(14)12-17;3-2(4,5)1(6)7/h4-7,12-13,18H,1-3,8-11H2,(H,22,26);(H,6,7). The zero-order valence-corrected chi connectivity index (χ0v) is 19.0. The Kier molecular flexibility index (Phi) is 7.13. The summed E-state index contributed by atoms with van der Waals surface area (Å²) in [4.78, 5) is 24.2. The number of carboxylic acids is 1. The highest BCUT2D eigenvalue weighted by atomic mass is 32.1. The molecule has 180 valence electrons. The van der Waals surface area contributed by atoms with Gasteiger partial charge in [-0.3, -0.25) is 9.69 Å². The molecule has 0 radical (unpaired) electrons. The minimum absolute atomic E-state index is 0.102. The highest BCUT2D eigenvalue weighted by molar-refractivity contribution is 7.00. The van der Waals surface area contributed by atoms with Gasteiger partial charge in [0.1, 0.15) is 11.0 Å². The zero-order valence-electron chi connectivity index (χ0n) is 18.1. The van der Waals surface area contributed by atoms with E-state index in [0.717, 1.165) is 48.7 Å². The number of rotatable bonds is 3. The molecule has 2 aliphatic rings. The molecule has 2 N–H and O–H groups in total. The average molecular weight is 493 g/mol. The van der Waals surface area contributed by atoms with Gasteiger partial charge in [0.2, 0.25) is 0 Å². The Morgan fingerprint density at radius 2 is 1.68 bits per heavy atom. The lowest BCUT2D eigenvalue weighted by atomic mass is 9.91. The van der Waals surface area contributed by atoms with Gasteiger partial charge in [0.15, 0.2) is 0 Å². The second-order valence-corrected chi connectivity index (χ2v) is 8.86. The normalized spacial score (nSPS) is 16.6. The number of anilines is 1. The molecule has 11 heteroatoms. The molecule has 7 nitrogen and oxygen atoms in total. The van der Waals surface area contributed by atoms with E-state index in [1.54, 1.807) is 12.1 Å². The Labute approximate surface area is 197 Å². The molecular weight excluding hydrogens is 469 g/mol. The monoisotopic (exact) mass is 492 g/mol. The number of aromatic nitrogens is 2. The van der Waals surface area contributed by atoms with Crippen LogP contribution in [-0.2, 0) is 17.6 Å². The summed E-state index contributed by atoms with van der Waals surface area (Å²) in [5.41, 5.74) is 5.87. The molecule has 1 amide bonds. The molecule has 0 unspecified atom stereocenters. The lowest BCUT2D eigenvalue weighted by Gasteiger charge is -2.36. The number of hydrogen-bond acceptors (Lipinski definition) is 6. The number of amides is 1. The van der Waals surface area contributed by atoms with Crippen LogP contribution in [0.3, 0.4) is 0 Å². The average Bonchev–Trinajstić information content (AvgIpc) is 3.13. The van der Waals surface area contributed by atoms with Gasteiger partial charge in [-0.2, -0.15) is 21.9 Å². The number of aliphatic carboxylic acids is 1. The van der Waals surface area contributed by atoms with Crippen molar-refractivity contribution in [2.45, 2.75) is 44.3 Å². The number of carbonyl (C=O) groups is 2. The van der Waals surface area contributed by atoms with Gasteiger partial charge in [0.25, 0.3) is 5.91 Å². The number of hydrogen-bond donors (Lipinski definition) is 2. The number of carbonyl (C=O) groups excluding carboxylic acids is 1. The van der Waals surface area contributed by atoms with Crippen molar-refractivity contribution < 1.29 is 27.9 Å². The predicted octanol–water partition coefficient (Wildman–Crippen LogP) is 4.53. The van der Waals surface area contributed by atoms with Gasteiger partial charge in [-0.1, -0.05) is 12.5 Å². The van der Waals surface area contributed by atoms with Gasteiger partial charge in [0, 0.05) is 30.4 Å². The van der Waals surface area contributed by atoms with Crippen molar-refractivity contribution in [2.24, 2.45) is 0 Å². The van der Waals surface area contributed by atoms with Crippen molar-refractivity contribution in [1.29, 1.82) is 0 Å². The fourth-order valence-corrected chi connectivity index (χ4v) is 4.58. The molecule has 2 aromatic carbocycles. The third-order valence-electron chi connectivity index (χ3n) is 6.15. The molecule has 5 rings (SSSR count). The molecular formula is C23H23F3N4O3S. The summed E-state index contributed by atoms with van der Waals surface area (Å²) in [6.07, 6.45) is 1.18. The van der Waals surface area contributed by atoms with E-state index < -0.39 is 12.1 Å². The summed E-state index contributed by atoms with van der Waals surface area (Å²) in [7, 11) is 0. The zero-order chi connectivity index (χ0) is 24.3. The van der Waals surface area contributed by atoms with E-state index in [0.29, 0.717) is 5.56 Å². The van der Waals surface area contributed by atoms with Crippen LogP contribution in [0.15, 0.2) is 36.4 Å². The molecule has 0 bridgehead atoms. The van der Waals surface area contributed by atoms with E-state index in [1.807, 2.05) is 12.1 Å². The van der Waals surface area contributed by atoms with Crippen molar-refractivity contribution in [3.8, 4) is 0 Å². The maximum absolute atomic E-state index is 12.6. The lowest BCUT2D eigenvalue weighted by Crippen LogP contribution is -2.41. The third-order valence-corrected chi connectivity index (χ3v) is 6.71. The third kappa shape index (κ3) is 5.71. The molecule has 0 saturated heterocycles. The van der Waals surface area contributed by atoms with Crippen molar-refractivity contribution in [1.82, 2.24) is 13.6 Å². The summed E-state index contributed by atoms with van der Waals surface area (Å²) in [5.74, 6) is -2.86. The van der Waals surface area contributed by atoms with Gasteiger partial charge in [-0.05, 0) is 67.1 Å². The number of nitrogens with one attached hydrogen (secondary N) is 1. The van der Waals surface area contributed by atoms with Gasteiger partial charge < -0.3 is 10.4 Å². The molecule has 1 fully saturated rings. The predicted molar refractivity (Wildman–Crippen MR) is 122 cm³/mol. The first-order valence-electron chi connectivity index (χ1n) is 10.9. The number of alkyl halides is 3. The van der Waals surface area contributed by atoms with E-state index in [2.05, 4.69) is 31.1 Å². The van der Waals surface area contributed by atoms with Gasteiger partial charge in [0.05, 0.1) is 11.7 Å². The van der Waals surface area contributed by atoms with Crippen molar-refractivity contribution in [3.63, 3.8) is 0 Å². The number of carboxylic acid groups (broad SMARTS) is 1. The first kappa shape index (κ1) is 24.1. The minimum Gasteiger partial charge on any atom is -0.475 e. The van der Waals surface area contributed by atoms with E-state index >= 15 is 0 Å². The van der Waals surface area contributed by atoms with Crippen LogP contribution in [0.2, 0.25) is 0 Å². The summed E-state index contributed by atoms with van der Waals surface area (Å²) in [6.45, 7) is 2.29. The molecule has 1 aliphatic carbocycles. The largest absolute Gasteiger partial charge is 0.490 e. The van der Waals surface area contributed by atoms with E-state index in [9.17, 15) is 18.0 Å². The lowest BCUT2D eigenvalue weighted by molar-refractivity contribution is -0.192. The Balaban J connectivity index is 0.000000344. The Morgan fingerprint density at radius 1 is 1.00 bits per heavy atom. The van der Waals surface area contributed by atoms with Gasteiger partial charge >= 0.3 is 12.1 Å². The molecule has 0 atom stereocenters. The van der Waals surface area contributed by atoms with Crippen LogP contribution >= 0.6 is 11.7 Å². The van der Waals surface area contributed by atoms with Gasteiger partial charge in [-0.15, -0.1) is 0 Å². The molecule has 1 aromatic heterocycles. The maximum atomic E-state index is 12.6. The van der Waals surface area contributed by atoms with E-state index in [1.165, 1.54) is 42.1 Å². The highest BCUT2D eigenvalue weighted by Crippen LogP contribution is 2.28. The fraction of sp³-hybridized carbons (Fsp3) is 0.391. The first-order chi connectivity index (χ1) is 16.2. The molecule has 1 saturated carbocycles. The van der Waals surface area contributed by atoms with Crippen molar-refractivity contribution in [2.75, 3.05) is 18.4 Å². The molecule has 34 heavy (non-hydrogen) atoms. The fourth-order valence-electron chi connectivity index (χ4n) is 4.06. The quantitative estimate of drug-likeness (QED) is 0.558. The molecule has 0 spiro atoms.